The third kappa shape index (κ3) is 3.65. The first-order valence-corrected chi connectivity index (χ1v) is 7.74. The predicted octanol–water partition coefficient (Wildman–Crippen LogP) is 5.12. The van der Waals surface area contributed by atoms with Gasteiger partial charge in [-0.05, 0) is 43.7 Å². The molecule has 2 aromatic carbocycles. The molecule has 1 atom stereocenters. The van der Waals surface area contributed by atoms with Crippen LogP contribution >= 0.6 is 15.9 Å². The lowest BCUT2D eigenvalue weighted by atomic mass is 10.1. The first-order chi connectivity index (χ1) is 10.4. The zero-order valence-electron chi connectivity index (χ0n) is 12.7. The molecule has 0 spiro atoms. The molecule has 2 amide bonds. The van der Waals surface area contributed by atoms with Crippen molar-refractivity contribution in [3.63, 3.8) is 0 Å². The minimum atomic E-state index is -0.363. The molecular formula is C17H18BrFN2O. The second-order valence-corrected chi connectivity index (χ2v) is 6.06. The lowest BCUT2D eigenvalue weighted by molar-refractivity contribution is 0.207. The number of hydrogen-bond donors (Lipinski definition) is 1. The van der Waals surface area contributed by atoms with Gasteiger partial charge in [0.25, 0.3) is 0 Å². The number of halogens is 2. The monoisotopic (exact) mass is 364 g/mol. The van der Waals surface area contributed by atoms with Crippen molar-refractivity contribution in [3.8, 4) is 0 Å². The maximum absolute atomic E-state index is 13.8. The first-order valence-electron chi connectivity index (χ1n) is 6.94. The van der Waals surface area contributed by atoms with Crippen LogP contribution in [0.5, 0.6) is 0 Å². The third-order valence-corrected chi connectivity index (χ3v) is 4.56. The second kappa shape index (κ2) is 6.92. The molecule has 1 N–H and O–H groups in total. The van der Waals surface area contributed by atoms with Gasteiger partial charge in [-0.1, -0.05) is 34.1 Å². The summed E-state index contributed by atoms with van der Waals surface area (Å²) < 4.78 is 14.8. The van der Waals surface area contributed by atoms with Crippen LogP contribution in [0.25, 0.3) is 0 Å². The van der Waals surface area contributed by atoms with Crippen LogP contribution in [0.4, 0.5) is 14.9 Å². The van der Waals surface area contributed by atoms with E-state index in [0.29, 0.717) is 11.3 Å². The molecule has 2 rings (SSSR count). The normalized spacial score (nSPS) is 11.9. The molecule has 22 heavy (non-hydrogen) atoms. The Labute approximate surface area is 138 Å². The minimum Gasteiger partial charge on any atom is -0.321 e. The molecular weight excluding hydrogens is 347 g/mol. The maximum atomic E-state index is 13.8. The second-order valence-electron chi connectivity index (χ2n) is 5.20. The van der Waals surface area contributed by atoms with Gasteiger partial charge in [0.2, 0.25) is 0 Å². The lowest BCUT2D eigenvalue weighted by Crippen LogP contribution is -2.34. The summed E-state index contributed by atoms with van der Waals surface area (Å²) >= 11 is 3.42. The van der Waals surface area contributed by atoms with Crippen LogP contribution in [0.1, 0.15) is 24.1 Å². The summed E-state index contributed by atoms with van der Waals surface area (Å²) in [6, 6.07) is 11.4. The number of carbonyl (C=O) groups is 1. The molecule has 0 radical (unpaired) electrons. The van der Waals surface area contributed by atoms with Crippen molar-refractivity contribution in [2.24, 2.45) is 0 Å². The number of rotatable bonds is 3. The van der Waals surface area contributed by atoms with E-state index in [0.717, 1.165) is 10.0 Å². The number of amides is 2. The number of hydrogen-bond acceptors (Lipinski definition) is 1. The Morgan fingerprint density at radius 2 is 1.95 bits per heavy atom. The minimum absolute atomic E-state index is 0.280. The Morgan fingerprint density at radius 1 is 1.27 bits per heavy atom. The summed E-state index contributed by atoms with van der Waals surface area (Å²) in [7, 11) is 1.65. The van der Waals surface area contributed by atoms with Gasteiger partial charge in [0.05, 0.1) is 6.04 Å². The van der Waals surface area contributed by atoms with Crippen molar-refractivity contribution in [3.05, 3.63) is 63.9 Å². The zero-order chi connectivity index (χ0) is 16.3. The number of anilines is 1. The summed E-state index contributed by atoms with van der Waals surface area (Å²) in [6.45, 7) is 3.75. The Hall–Kier alpha value is -1.88. The van der Waals surface area contributed by atoms with E-state index in [-0.39, 0.29) is 17.9 Å². The van der Waals surface area contributed by atoms with Gasteiger partial charge in [-0.25, -0.2) is 9.18 Å². The van der Waals surface area contributed by atoms with Gasteiger partial charge in [-0.3, -0.25) is 0 Å². The average Bonchev–Trinajstić information content (AvgIpc) is 2.50. The molecule has 0 aromatic heterocycles. The molecule has 3 nitrogen and oxygen atoms in total. The zero-order valence-corrected chi connectivity index (χ0v) is 14.3. The van der Waals surface area contributed by atoms with Crippen LogP contribution in [-0.4, -0.2) is 18.0 Å². The standard InChI is InChI=1S/C17H18BrFN2O/c1-11-10-13(8-9-15(11)18)20-17(22)21(3)12(2)14-6-4-5-7-16(14)19/h4-10,12H,1-3H3,(H,20,22). The highest BCUT2D eigenvalue weighted by atomic mass is 79.9. The molecule has 0 aliphatic rings. The number of nitrogens with one attached hydrogen (secondary N) is 1. The highest BCUT2D eigenvalue weighted by Crippen LogP contribution is 2.24. The van der Waals surface area contributed by atoms with Gasteiger partial charge in [-0.15, -0.1) is 0 Å². The summed E-state index contributed by atoms with van der Waals surface area (Å²) in [5, 5.41) is 2.82. The van der Waals surface area contributed by atoms with Gasteiger partial charge < -0.3 is 10.2 Å². The van der Waals surface area contributed by atoms with E-state index < -0.39 is 0 Å². The van der Waals surface area contributed by atoms with Crippen molar-refractivity contribution in [1.82, 2.24) is 4.90 Å². The Balaban J connectivity index is 2.11. The van der Waals surface area contributed by atoms with Gasteiger partial charge in [0.1, 0.15) is 5.82 Å². The van der Waals surface area contributed by atoms with E-state index in [1.165, 1.54) is 11.0 Å². The number of carbonyl (C=O) groups excluding carboxylic acids is 1. The molecule has 5 heteroatoms. The summed E-state index contributed by atoms with van der Waals surface area (Å²) in [5.41, 5.74) is 2.23. The molecule has 0 aliphatic heterocycles. The van der Waals surface area contributed by atoms with Crippen molar-refractivity contribution in [2.75, 3.05) is 12.4 Å². The molecule has 1 unspecified atom stereocenters. The summed E-state index contributed by atoms with van der Waals surface area (Å²) in [5.74, 6) is -0.311. The van der Waals surface area contributed by atoms with Crippen LogP contribution in [0.2, 0.25) is 0 Å². The van der Waals surface area contributed by atoms with E-state index in [1.807, 2.05) is 25.1 Å². The third-order valence-electron chi connectivity index (χ3n) is 3.67. The van der Waals surface area contributed by atoms with Crippen LogP contribution in [0.15, 0.2) is 46.9 Å². The number of aryl methyl sites for hydroxylation is 1. The molecule has 0 bridgehead atoms. The van der Waals surface area contributed by atoms with Crippen LogP contribution < -0.4 is 5.32 Å². The van der Waals surface area contributed by atoms with Gasteiger partial charge >= 0.3 is 6.03 Å². The van der Waals surface area contributed by atoms with Crippen molar-refractivity contribution in [2.45, 2.75) is 19.9 Å². The summed E-state index contributed by atoms with van der Waals surface area (Å²) in [4.78, 5) is 13.8. The molecule has 0 fully saturated rings. The SMILES string of the molecule is Cc1cc(NC(=O)N(C)C(C)c2ccccc2F)ccc1Br. The Morgan fingerprint density at radius 3 is 2.59 bits per heavy atom. The Bertz CT molecular complexity index is 690. The smallest absolute Gasteiger partial charge is 0.321 e. The lowest BCUT2D eigenvalue weighted by Gasteiger charge is -2.26. The number of urea groups is 1. The Kier molecular flexibility index (Phi) is 5.19. The van der Waals surface area contributed by atoms with Gasteiger partial charge in [-0.2, -0.15) is 0 Å². The van der Waals surface area contributed by atoms with Crippen molar-refractivity contribution in [1.29, 1.82) is 0 Å². The molecule has 0 saturated heterocycles. The van der Waals surface area contributed by atoms with E-state index in [2.05, 4.69) is 21.2 Å². The van der Waals surface area contributed by atoms with Gasteiger partial charge in [0.15, 0.2) is 0 Å². The van der Waals surface area contributed by atoms with Crippen LogP contribution in [0.3, 0.4) is 0 Å². The van der Waals surface area contributed by atoms with E-state index in [9.17, 15) is 9.18 Å². The topological polar surface area (TPSA) is 32.3 Å². The summed E-state index contributed by atoms with van der Waals surface area (Å²) in [6.07, 6.45) is 0. The molecule has 0 aliphatic carbocycles. The molecule has 0 heterocycles. The molecule has 116 valence electrons. The van der Waals surface area contributed by atoms with Crippen molar-refractivity contribution < 1.29 is 9.18 Å². The highest BCUT2D eigenvalue weighted by molar-refractivity contribution is 9.10. The molecule has 2 aromatic rings. The van der Waals surface area contributed by atoms with Crippen LogP contribution in [-0.2, 0) is 0 Å². The first kappa shape index (κ1) is 16.5. The number of nitrogens with zero attached hydrogens (tertiary/aromatic N) is 1. The van der Waals surface area contributed by atoms with E-state index >= 15 is 0 Å². The average molecular weight is 365 g/mol. The quantitative estimate of drug-likeness (QED) is 0.804. The fourth-order valence-electron chi connectivity index (χ4n) is 2.13. The fraction of sp³-hybridized carbons (Fsp3) is 0.235. The fourth-order valence-corrected chi connectivity index (χ4v) is 2.38. The largest absolute Gasteiger partial charge is 0.322 e. The van der Waals surface area contributed by atoms with E-state index in [1.54, 1.807) is 32.2 Å². The highest BCUT2D eigenvalue weighted by Gasteiger charge is 2.20. The maximum Gasteiger partial charge on any atom is 0.322 e. The van der Waals surface area contributed by atoms with Crippen molar-refractivity contribution >= 4 is 27.6 Å². The van der Waals surface area contributed by atoms with Crippen LogP contribution in [0, 0.1) is 12.7 Å². The number of benzene rings is 2. The van der Waals surface area contributed by atoms with E-state index in [4.69, 9.17) is 0 Å². The van der Waals surface area contributed by atoms with Gasteiger partial charge in [0, 0.05) is 22.8 Å². The predicted molar refractivity (Wildman–Crippen MR) is 90.5 cm³/mol. The molecule has 0 saturated carbocycles.